The molecule has 0 aliphatic heterocycles. The molecule has 7 heteroatoms. The number of hydrogen-bond donors (Lipinski definition) is 3. The molecule has 7 nitrogen and oxygen atoms in total. The van der Waals surface area contributed by atoms with Gasteiger partial charge in [0, 0.05) is 18.9 Å². The zero-order valence-electron chi connectivity index (χ0n) is 10.2. The molecule has 1 aromatic rings. The fourth-order valence-corrected chi connectivity index (χ4v) is 1.30. The Kier molecular flexibility index (Phi) is 4.08. The summed E-state index contributed by atoms with van der Waals surface area (Å²) in [7, 11) is 1.46. The number of hydrogen-bond acceptors (Lipinski definition) is 3. The predicted molar refractivity (Wildman–Crippen MR) is 62.1 cm³/mol. The van der Waals surface area contributed by atoms with E-state index >= 15 is 0 Å². The Balaban J connectivity index is 2.49. The van der Waals surface area contributed by atoms with Gasteiger partial charge in [-0.25, -0.2) is 9.78 Å². The maximum Gasteiger partial charge on any atom is 0.314 e. The second kappa shape index (κ2) is 5.33. The monoisotopic (exact) mass is 239 g/mol. The standard InChI is InChI=1S/C10H17N5O2/c1-6-4-12-9(13-6)7(2)14-8(16)5-15(3)10(11)17/h4,7H,5H2,1-3H3,(H2,11,17)(H,12,13)(H,14,16)/t7-/m0/s1. The average Bonchev–Trinajstić information content (AvgIpc) is 2.64. The van der Waals surface area contributed by atoms with Crippen LogP contribution in [-0.4, -0.2) is 40.4 Å². The molecule has 0 aliphatic rings. The minimum Gasteiger partial charge on any atom is -0.351 e. The first-order valence-electron chi connectivity index (χ1n) is 5.21. The van der Waals surface area contributed by atoms with Gasteiger partial charge in [0.2, 0.25) is 5.91 Å². The van der Waals surface area contributed by atoms with Gasteiger partial charge in [0.05, 0.1) is 6.04 Å². The molecule has 3 amide bonds. The van der Waals surface area contributed by atoms with Gasteiger partial charge in [0.25, 0.3) is 0 Å². The average molecular weight is 239 g/mol. The second-order valence-corrected chi connectivity index (χ2v) is 3.93. The summed E-state index contributed by atoms with van der Waals surface area (Å²) in [5.41, 5.74) is 5.94. The number of H-pyrrole nitrogens is 1. The van der Waals surface area contributed by atoms with Crippen LogP contribution in [-0.2, 0) is 4.79 Å². The molecule has 1 aromatic heterocycles. The summed E-state index contributed by atoms with van der Waals surface area (Å²) < 4.78 is 0. The molecule has 94 valence electrons. The molecule has 1 atom stereocenters. The zero-order chi connectivity index (χ0) is 13.0. The highest BCUT2D eigenvalue weighted by atomic mass is 16.2. The van der Waals surface area contributed by atoms with Crippen LogP contribution >= 0.6 is 0 Å². The van der Waals surface area contributed by atoms with E-state index in [0.29, 0.717) is 5.82 Å². The minimum absolute atomic E-state index is 0.0701. The van der Waals surface area contributed by atoms with E-state index in [4.69, 9.17) is 5.73 Å². The third-order valence-corrected chi connectivity index (χ3v) is 2.27. The molecule has 0 aliphatic carbocycles. The van der Waals surface area contributed by atoms with Crippen LogP contribution in [0.1, 0.15) is 24.5 Å². The maximum atomic E-state index is 11.5. The number of amides is 3. The Morgan fingerprint density at radius 3 is 2.76 bits per heavy atom. The number of nitrogens with two attached hydrogens (primary N) is 1. The van der Waals surface area contributed by atoms with Crippen LogP contribution in [0.3, 0.4) is 0 Å². The second-order valence-electron chi connectivity index (χ2n) is 3.93. The molecule has 1 heterocycles. The van der Waals surface area contributed by atoms with Crippen LogP contribution in [0.4, 0.5) is 4.79 Å². The molecule has 0 radical (unpaired) electrons. The fourth-order valence-electron chi connectivity index (χ4n) is 1.30. The lowest BCUT2D eigenvalue weighted by Gasteiger charge is -2.16. The lowest BCUT2D eigenvalue weighted by atomic mass is 10.3. The third-order valence-electron chi connectivity index (χ3n) is 2.27. The van der Waals surface area contributed by atoms with Gasteiger partial charge < -0.3 is 20.9 Å². The molecule has 17 heavy (non-hydrogen) atoms. The number of rotatable bonds is 4. The Hall–Kier alpha value is -2.05. The van der Waals surface area contributed by atoms with Crippen molar-refractivity contribution in [3.05, 3.63) is 17.7 Å². The van der Waals surface area contributed by atoms with Crippen LogP contribution in [0.25, 0.3) is 0 Å². The molecule has 0 aromatic carbocycles. The number of aromatic amines is 1. The van der Waals surface area contributed by atoms with Crippen molar-refractivity contribution in [1.82, 2.24) is 20.2 Å². The quantitative estimate of drug-likeness (QED) is 0.683. The molecular weight excluding hydrogens is 222 g/mol. The van der Waals surface area contributed by atoms with E-state index < -0.39 is 6.03 Å². The van der Waals surface area contributed by atoms with Crippen molar-refractivity contribution in [2.24, 2.45) is 5.73 Å². The van der Waals surface area contributed by atoms with Crippen molar-refractivity contribution < 1.29 is 9.59 Å². The van der Waals surface area contributed by atoms with Crippen LogP contribution in [0.5, 0.6) is 0 Å². The Morgan fingerprint density at radius 1 is 1.65 bits per heavy atom. The number of imidazole rings is 1. The van der Waals surface area contributed by atoms with E-state index in [1.807, 2.05) is 6.92 Å². The van der Waals surface area contributed by atoms with Gasteiger partial charge in [-0.05, 0) is 13.8 Å². The van der Waals surface area contributed by atoms with Gasteiger partial charge in [0.1, 0.15) is 12.4 Å². The van der Waals surface area contributed by atoms with Crippen molar-refractivity contribution in [2.45, 2.75) is 19.9 Å². The number of urea groups is 1. The number of aromatic nitrogens is 2. The lowest BCUT2D eigenvalue weighted by molar-refractivity contribution is -0.122. The summed E-state index contributed by atoms with van der Waals surface area (Å²) in [6.07, 6.45) is 1.69. The molecule has 1 rings (SSSR count). The number of carbonyl (C=O) groups is 2. The summed E-state index contributed by atoms with van der Waals surface area (Å²) in [4.78, 5) is 30.6. The van der Waals surface area contributed by atoms with Crippen molar-refractivity contribution in [1.29, 1.82) is 0 Å². The van der Waals surface area contributed by atoms with Gasteiger partial charge in [0.15, 0.2) is 0 Å². The molecule has 0 unspecified atom stereocenters. The van der Waals surface area contributed by atoms with Gasteiger partial charge in [-0.1, -0.05) is 0 Å². The minimum atomic E-state index is -0.637. The van der Waals surface area contributed by atoms with Crippen LogP contribution in [0.15, 0.2) is 6.20 Å². The number of nitrogens with one attached hydrogen (secondary N) is 2. The molecule has 0 fully saturated rings. The number of aryl methyl sites for hydroxylation is 1. The van der Waals surface area contributed by atoms with Crippen molar-refractivity contribution in [2.75, 3.05) is 13.6 Å². The van der Waals surface area contributed by atoms with Gasteiger partial charge in [-0.2, -0.15) is 0 Å². The highest BCUT2D eigenvalue weighted by Crippen LogP contribution is 2.07. The van der Waals surface area contributed by atoms with E-state index in [1.165, 1.54) is 7.05 Å². The number of primary amides is 1. The molecule has 0 saturated carbocycles. The number of carbonyl (C=O) groups excluding carboxylic acids is 2. The van der Waals surface area contributed by atoms with Gasteiger partial charge in [-0.15, -0.1) is 0 Å². The molecule has 4 N–H and O–H groups in total. The Labute approximate surface area is 99.4 Å². The maximum absolute atomic E-state index is 11.5. The van der Waals surface area contributed by atoms with Crippen molar-refractivity contribution in [3.8, 4) is 0 Å². The van der Waals surface area contributed by atoms with E-state index in [2.05, 4.69) is 15.3 Å². The highest BCUT2D eigenvalue weighted by molar-refractivity contribution is 5.83. The summed E-state index contributed by atoms with van der Waals surface area (Å²) in [5, 5.41) is 2.71. The third kappa shape index (κ3) is 3.78. The fraction of sp³-hybridized carbons (Fsp3) is 0.500. The molecule has 0 spiro atoms. The lowest BCUT2D eigenvalue weighted by Crippen LogP contribution is -2.41. The number of likely N-dealkylation sites (N-methyl/N-ethyl adjacent to an activating group) is 1. The molecule has 0 bridgehead atoms. The number of nitrogens with zero attached hydrogens (tertiary/aromatic N) is 2. The van der Waals surface area contributed by atoms with E-state index in [-0.39, 0.29) is 18.5 Å². The molecular formula is C10H17N5O2. The smallest absolute Gasteiger partial charge is 0.314 e. The first kappa shape index (κ1) is 13.0. The van der Waals surface area contributed by atoms with E-state index in [1.54, 1.807) is 13.1 Å². The van der Waals surface area contributed by atoms with Crippen LogP contribution in [0, 0.1) is 6.92 Å². The van der Waals surface area contributed by atoms with Crippen molar-refractivity contribution in [3.63, 3.8) is 0 Å². The van der Waals surface area contributed by atoms with E-state index in [0.717, 1.165) is 10.6 Å². The van der Waals surface area contributed by atoms with Gasteiger partial charge >= 0.3 is 6.03 Å². The molecule has 0 saturated heterocycles. The SMILES string of the molecule is Cc1cnc([C@H](C)NC(=O)CN(C)C(N)=O)[nH]1. The normalized spacial score (nSPS) is 11.9. The predicted octanol–water partition coefficient (Wildman–Crippen LogP) is -0.0942. The van der Waals surface area contributed by atoms with Crippen molar-refractivity contribution >= 4 is 11.9 Å². The van der Waals surface area contributed by atoms with Crippen LogP contribution in [0.2, 0.25) is 0 Å². The largest absolute Gasteiger partial charge is 0.351 e. The first-order valence-corrected chi connectivity index (χ1v) is 5.21. The summed E-state index contributed by atoms with van der Waals surface area (Å²) in [6, 6.07) is -0.876. The van der Waals surface area contributed by atoms with E-state index in [9.17, 15) is 9.59 Å². The Morgan fingerprint density at radius 2 is 2.29 bits per heavy atom. The zero-order valence-corrected chi connectivity index (χ0v) is 10.2. The van der Waals surface area contributed by atoms with Gasteiger partial charge in [-0.3, -0.25) is 4.79 Å². The summed E-state index contributed by atoms with van der Waals surface area (Å²) >= 11 is 0. The highest BCUT2D eigenvalue weighted by Gasteiger charge is 2.14. The topological polar surface area (TPSA) is 104 Å². The Bertz CT molecular complexity index is 415. The van der Waals surface area contributed by atoms with Crippen LogP contribution < -0.4 is 11.1 Å². The summed E-state index contributed by atoms with van der Waals surface area (Å²) in [5.74, 6) is 0.394. The summed E-state index contributed by atoms with van der Waals surface area (Å²) in [6.45, 7) is 3.62. The first-order chi connectivity index (χ1) is 7.90.